The van der Waals surface area contributed by atoms with Crippen LogP contribution in [-0.4, -0.2) is 29.5 Å². The summed E-state index contributed by atoms with van der Waals surface area (Å²) in [5, 5.41) is 6.82. The molecule has 0 spiro atoms. The molecule has 19 heavy (non-hydrogen) atoms. The van der Waals surface area contributed by atoms with Gasteiger partial charge in [0.05, 0.1) is 6.61 Å². The average molecular weight is 286 g/mol. The largest absolute Gasteiger partial charge is 0.487 e. The Bertz CT molecular complexity index is 408. The number of hydrogen-bond donors (Lipinski definition) is 3. The summed E-state index contributed by atoms with van der Waals surface area (Å²) in [6.07, 6.45) is 1.34. The van der Waals surface area contributed by atoms with Crippen molar-refractivity contribution < 1.29 is 9.53 Å². The van der Waals surface area contributed by atoms with Gasteiger partial charge >= 0.3 is 0 Å². The number of amides is 1. The van der Waals surface area contributed by atoms with Crippen LogP contribution in [-0.2, 0) is 4.79 Å². The van der Waals surface area contributed by atoms with Crippen molar-refractivity contribution >= 4 is 28.3 Å². The Morgan fingerprint density at radius 1 is 1.53 bits per heavy atom. The maximum absolute atomic E-state index is 11.6. The van der Waals surface area contributed by atoms with Crippen LogP contribution in [0.3, 0.4) is 0 Å². The molecule has 1 aromatic heterocycles. The van der Waals surface area contributed by atoms with Gasteiger partial charge in [-0.15, -0.1) is 0 Å². The smallest absolute Gasteiger partial charge is 0.221 e. The van der Waals surface area contributed by atoms with Crippen LogP contribution in [0.15, 0.2) is 0 Å². The standard InChI is InChI=1S/C12H22N4O2S/c1-4-8(3)15-9(17)6-7-14-12-10(18-5-2)11(13)16-19-12/h8,14H,4-7H2,1-3H3,(H2,13,16)(H,15,17). The monoisotopic (exact) mass is 286 g/mol. The van der Waals surface area contributed by atoms with Crippen molar-refractivity contribution in [1.82, 2.24) is 9.69 Å². The van der Waals surface area contributed by atoms with Gasteiger partial charge in [-0.2, -0.15) is 4.37 Å². The molecule has 1 aromatic rings. The Balaban J connectivity index is 2.39. The Kier molecular flexibility index (Phi) is 6.41. The zero-order chi connectivity index (χ0) is 14.3. The summed E-state index contributed by atoms with van der Waals surface area (Å²) < 4.78 is 9.43. The molecule has 1 rings (SSSR count). The molecule has 1 amide bonds. The van der Waals surface area contributed by atoms with Crippen LogP contribution in [0.25, 0.3) is 0 Å². The van der Waals surface area contributed by atoms with Crippen molar-refractivity contribution in [1.29, 1.82) is 0 Å². The molecule has 0 radical (unpaired) electrons. The fraction of sp³-hybridized carbons (Fsp3) is 0.667. The Morgan fingerprint density at radius 3 is 2.89 bits per heavy atom. The maximum atomic E-state index is 11.6. The number of nitrogens with one attached hydrogen (secondary N) is 2. The molecule has 1 heterocycles. The molecule has 6 nitrogen and oxygen atoms in total. The van der Waals surface area contributed by atoms with Gasteiger partial charge in [0.15, 0.2) is 16.6 Å². The Morgan fingerprint density at radius 2 is 2.26 bits per heavy atom. The molecule has 0 fully saturated rings. The highest BCUT2D eigenvalue weighted by Crippen LogP contribution is 2.34. The van der Waals surface area contributed by atoms with E-state index in [-0.39, 0.29) is 11.9 Å². The first-order valence-electron chi connectivity index (χ1n) is 6.49. The number of carbonyl (C=O) groups is 1. The molecule has 4 N–H and O–H groups in total. The number of ether oxygens (including phenoxy) is 1. The van der Waals surface area contributed by atoms with Crippen molar-refractivity contribution in [2.75, 3.05) is 24.2 Å². The minimum absolute atomic E-state index is 0.0392. The van der Waals surface area contributed by atoms with Crippen LogP contribution in [0, 0.1) is 0 Å². The van der Waals surface area contributed by atoms with Gasteiger partial charge in [-0.1, -0.05) is 6.92 Å². The highest BCUT2D eigenvalue weighted by molar-refractivity contribution is 7.11. The van der Waals surface area contributed by atoms with Gasteiger partial charge in [0, 0.05) is 19.0 Å². The van der Waals surface area contributed by atoms with Crippen LogP contribution in [0.1, 0.15) is 33.6 Å². The zero-order valence-corrected chi connectivity index (χ0v) is 12.5. The highest BCUT2D eigenvalue weighted by Gasteiger charge is 2.12. The van der Waals surface area contributed by atoms with Gasteiger partial charge in [0.1, 0.15) is 0 Å². The number of anilines is 2. The second-order valence-corrected chi connectivity index (χ2v) is 4.99. The fourth-order valence-corrected chi connectivity index (χ4v) is 2.11. The number of nitrogen functional groups attached to an aromatic ring is 1. The van der Waals surface area contributed by atoms with E-state index in [0.29, 0.717) is 31.1 Å². The molecule has 0 aliphatic carbocycles. The minimum atomic E-state index is 0.0392. The summed E-state index contributed by atoms with van der Waals surface area (Å²) in [7, 11) is 0. The van der Waals surface area contributed by atoms with Crippen LogP contribution in [0.4, 0.5) is 10.8 Å². The van der Waals surface area contributed by atoms with Crippen molar-refractivity contribution in [3.05, 3.63) is 0 Å². The maximum Gasteiger partial charge on any atom is 0.221 e. The van der Waals surface area contributed by atoms with E-state index in [0.717, 1.165) is 11.4 Å². The summed E-state index contributed by atoms with van der Waals surface area (Å²) in [6.45, 7) is 6.98. The lowest BCUT2D eigenvalue weighted by atomic mass is 10.2. The van der Waals surface area contributed by atoms with E-state index in [1.807, 2.05) is 20.8 Å². The van der Waals surface area contributed by atoms with Crippen molar-refractivity contribution in [3.8, 4) is 5.75 Å². The molecule has 0 saturated carbocycles. The summed E-state index contributed by atoms with van der Waals surface area (Å²) in [5.41, 5.74) is 5.70. The Labute approximate surface area is 117 Å². The predicted octanol–water partition coefficient (Wildman–Crippen LogP) is 1.84. The number of nitrogens with two attached hydrogens (primary N) is 1. The second kappa shape index (κ2) is 7.83. The number of carbonyl (C=O) groups excluding carboxylic acids is 1. The first kappa shape index (κ1) is 15.6. The van der Waals surface area contributed by atoms with Gasteiger partial charge in [-0.25, -0.2) is 0 Å². The van der Waals surface area contributed by atoms with Gasteiger partial charge < -0.3 is 21.1 Å². The predicted molar refractivity (Wildman–Crippen MR) is 78.7 cm³/mol. The normalized spacial score (nSPS) is 11.9. The molecule has 108 valence electrons. The van der Waals surface area contributed by atoms with E-state index in [1.165, 1.54) is 11.5 Å². The summed E-state index contributed by atoms with van der Waals surface area (Å²) in [6, 6.07) is 0.213. The van der Waals surface area contributed by atoms with Crippen molar-refractivity contribution in [2.24, 2.45) is 0 Å². The lowest BCUT2D eigenvalue weighted by Crippen LogP contribution is -2.32. The van der Waals surface area contributed by atoms with E-state index in [9.17, 15) is 4.79 Å². The number of nitrogens with zero attached hydrogens (tertiary/aromatic N) is 1. The highest BCUT2D eigenvalue weighted by atomic mass is 32.1. The van der Waals surface area contributed by atoms with Crippen molar-refractivity contribution in [2.45, 2.75) is 39.7 Å². The summed E-state index contributed by atoms with van der Waals surface area (Å²) in [4.78, 5) is 11.6. The van der Waals surface area contributed by atoms with Gasteiger partial charge in [-0.3, -0.25) is 4.79 Å². The van der Waals surface area contributed by atoms with Gasteiger partial charge in [0.25, 0.3) is 0 Å². The molecule has 0 aliphatic rings. The molecular formula is C12H22N4O2S. The first-order chi connectivity index (χ1) is 9.08. The third-order valence-electron chi connectivity index (χ3n) is 2.62. The third kappa shape index (κ3) is 4.94. The second-order valence-electron chi connectivity index (χ2n) is 4.21. The van der Waals surface area contributed by atoms with E-state index in [4.69, 9.17) is 10.5 Å². The van der Waals surface area contributed by atoms with Crippen LogP contribution >= 0.6 is 11.5 Å². The van der Waals surface area contributed by atoms with Gasteiger partial charge in [-0.05, 0) is 31.8 Å². The van der Waals surface area contributed by atoms with E-state index in [2.05, 4.69) is 15.0 Å². The summed E-state index contributed by atoms with van der Waals surface area (Å²) >= 11 is 1.24. The van der Waals surface area contributed by atoms with E-state index < -0.39 is 0 Å². The Hall–Kier alpha value is -1.50. The first-order valence-corrected chi connectivity index (χ1v) is 7.26. The quantitative estimate of drug-likeness (QED) is 0.678. The van der Waals surface area contributed by atoms with E-state index >= 15 is 0 Å². The van der Waals surface area contributed by atoms with Crippen LogP contribution in [0.5, 0.6) is 5.75 Å². The number of aromatic nitrogens is 1. The lowest BCUT2D eigenvalue weighted by Gasteiger charge is -2.11. The molecule has 1 unspecified atom stereocenters. The molecule has 1 atom stereocenters. The van der Waals surface area contributed by atoms with Crippen molar-refractivity contribution in [3.63, 3.8) is 0 Å². The minimum Gasteiger partial charge on any atom is -0.487 e. The SMILES string of the molecule is CCOc1c(N)nsc1NCCC(=O)NC(C)CC. The molecule has 0 bridgehead atoms. The topological polar surface area (TPSA) is 89.3 Å². The number of hydrogen-bond acceptors (Lipinski definition) is 6. The van der Waals surface area contributed by atoms with E-state index in [1.54, 1.807) is 0 Å². The van der Waals surface area contributed by atoms with Gasteiger partial charge in [0.2, 0.25) is 5.91 Å². The van der Waals surface area contributed by atoms with Crippen LogP contribution < -0.4 is 21.1 Å². The lowest BCUT2D eigenvalue weighted by molar-refractivity contribution is -0.121. The third-order valence-corrected chi connectivity index (χ3v) is 3.42. The fourth-order valence-electron chi connectivity index (χ4n) is 1.43. The molecule has 0 aliphatic heterocycles. The van der Waals surface area contributed by atoms with Crippen LogP contribution in [0.2, 0.25) is 0 Å². The molecule has 0 saturated heterocycles. The zero-order valence-electron chi connectivity index (χ0n) is 11.7. The molecule has 0 aromatic carbocycles. The number of rotatable bonds is 8. The molecule has 7 heteroatoms. The summed E-state index contributed by atoms with van der Waals surface area (Å²) in [5.74, 6) is 1.01. The average Bonchev–Trinajstić information content (AvgIpc) is 2.72. The molecular weight excluding hydrogens is 264 g/mol.